The van der Waals surface area contributed by atoms with E-state index in [4.69, 9.17) is 0 Å². The number of aromatic nitrogens is 2. The van der Waals surface area contributed by atoms with E-state index in [1.165, 1.54) is 0 Å². The lowest BCUT2D eigenvalue weighted by atomic mass is 10.1. The maximum Gasteiger partial charge on any atom is 0.267 e. The van der Waals surface area contributed by atoms with E-state index in [0.717, 1.165) is 23.1 Å². The number of aryl methyl sites for hydroxylation is 2. The average Bonchev–Trinajstić information content (AvgIpc) is 3.04. The molecule has 3 heterocycles. The third kappa shape index (κ3) is 2.15. The SMILES string of the molecule is O=C(NCc1ccncc1)c1c(O)c2cccc3c2n(c1=O)CC3. The van der Waals surface area contributed by atoms with Gasteiger partial charge >= 0.3 is 0 Å². The Balaban J connectivity index is 1.75. The lowest BCUT2D eigenvalue weighted by Crippen LogP contribution is -2.32. The van der Waals surface area contributed by atoms with Crippen molar-refractivity contribution in [1.29, 1.82) is 0 Å². The van der Waals surface area contributed by atoms with Crippen LogP contribution in [0.1, 0.15) is 21.5 Å². The first-order valence-corrected chi connectivity index (χ1v) is 7.71. The van der Waals surface area contributed by atoms with Crippen molar-refractivity contribution in [3.8, 4) is 5.75 Å². The molecule has 1 aliphatic rings. The number of amides is 1. The fraction of sp³-hybridized carbons (Fsp3) is 0.167. The summed E-state index contributed by atoms with van der Waals surface area (Å²) in [7, 11) is 0. The molecule has 2 N–H and O–H groups in total. The minimum absolute atomic E-state index is 0.199. The molecule has 0 fully saturated rings. The molecule has 0 aliphatic carbocycles. The van der Waals surface area contributed by atoms with Crippen LogP contribution in [-0.2, 0) is 19.5 Å². The predicted octanol–water partition coefficient (Wildman–Crippen LogP) is 1.59. The van der Waals surface area contributed by atoms with Crippen molar-refractivity contribution in [3.63, 3.8) is 0 Å². The smallest absolute Gasteiger partial charge is 0.267 e. The second kappa shape index (κ2) is 5.49. The molecule has 0 saturated heterocycles. The van der Waals surface area contributed by atoms with Crippen LogP contribution < -0.4 is 10.9 Å². The van der Waals surface area contributed by atoms with E-state index in [1.54, 1.807) is 35.2 Å². The highest BCUT2D eigenvalue weighted by Crippen LogP contribution is 2.31. The zero-order valence-electron chi connectivity index (χ0n) is 12.8. The van der Waals surface area contributed by atoms with Gasteiger partial charge in [-0.25, -0.2) is 0 Å². The van der Waals surface area contributed by atoms with Gasteiger partial charge in [0, 0.05) is 30.9 Å². The summed E-state index contributed by atoms with van der Waals surface area (Å²) < 4.78 is 1.58. The number of carbonyl (C=O) groups is 1. The van der Waals surface area contributed by atoms with E-state index in [2.05, 4.69) is 10.3 Å². The molecule has 24 heavy (non-hydrogen) atoms. The van der Waals surface area contributed by atoms with Gasteiger partial charge in [0.2, 0.25) is 0 Å². The summed E-state index contributed by atoms with van der Waals surface area (Å²) in [5.41, 5.74) is 1.97. The van der Waals surface area contributed by atoms with Gasteiger partial charge in [0.25, 0.3) is 11.5 Å². The van der Waals surface area contributed by atoms with Crippen LogP contribution in [0, 0.1) is 0 Å². The largest absolute Gasteiger partial charge is 0.506 e. The maximum absolute atomic E-state index is 12.7. The van der Waals surface area contributed by atoms with E-state index >= 15 is 0 Å². The first-order chi connectivity index (χ1) is 11.7. The molecule has 6 heteroatoms. The van der Waals surface area contributed by atoms with Crippen LogP contribution in [0.15, 0.2) is 47.5 Å². The van der Waals surface area contributed by atoms with Crippen molar-refractivity contribution in [3.05, 3.63) is 69.8 Å². The van der Waals surface area contributed by atoms with Crippen LogP contribution >= 0.6 is 0 Å². The van der Waals surface area contributed by atoms with Gasteiger partial charge in [-0.2, -0.15) is 0 Å². The Labute approximate surface area is 137 Å². The average molecular weight is 321 g/mol. The van der Waals surface area contributed by atoms with Crippen molar-refractivity contribution in [2.75, 3.05) is 0 Å². The van der Waals surface area contributed by atoms with Crippen molar-refractivity contribution < 1.29 is 9.90 Å². The molecule has 0 unspecified atom stereocenters. The number of benzene rings is 1. The van der Waals surface area contributed by atoms with Gasteiger partial charge in [-0.05, 0) is 35.7 Å². The zero-order valence-corrected chi connectivity index (χ0v) is 12.8. The molecule has 0 atom stereocenters. The highest BCUT2D eigenvalue weighted by molar-refractivity contribution is 6.03. The van der Waals surface area contributed by atoms with Crippen LogP contribution in [0.25, 0.3) is 10.9 Å². The summed E-state index contributed by atoms with van der Waals surface area (Å²) in [6.07, 6.45) is 3.99. The minimum Gasteiger partial charge on any atom is -0.506 e. The Hall–Kier alpha value is -3.15. The summed E-state index contributed by atoms with van der Waals surface area (Å²) in [4.78, 5) is 29.1. The summed E-state index contributed by atoms with van der Waals surface area (Å²) in [6.45, 7) is 0.790. The number of rotatable bonds is 3. The van der Waals surface area contributed by atoms with E-state index in [1.807, 2.05) is 12.1 Å². The molecule has 1 aromatic carbocycles. The molecule has 2 aromatic heterocycles. The Morgan fingerprint density at radius 2 is 2.04 bits per heavy atom. The van der Waals surface area contributed by atoms with E-state index in [-0.39, 0.29) is 17.9 Å². The van der Waals surface area contributed by atoms with Gasteiger partial charge in [-0.15, -0.1) is 0 Å². The molecule has 0 bridgehead atoms. The molecule has 3 aromatic rings. The summed E-state index contributed by atoms with van der Waals surface area (Å²) in [6, 6.07) is 9.05. The fourth-order valence-corrected chi connectivity index (χ4v) is 3.20. The van der Waals surface area contributed by atoms with E-state index in [0.29, 0.717) is 11.9 Å². The first-order valence-electron chi connectivity index (χ1n) is 7.71. The molecule has 0 radical (unpaired) electrons. The predicted molar refractivity (Wildman–Crippen MR) is 89.0 cm³/mol. The monoisotopic (exact) mass is 321 g/mol. The van der Waals surface area contributed by atoms with Crippen LogP contribution in [0.5, 0.6) is 5.75 Å². The van der Waals surface area contributed by atoms with E-state index in [9.17, 15) is 14.7 Å². The molecule has 1 aliphatic heterocycles. The highest BCUT2D eigenvalue weighted by atomic mass is 16.3. The lowest BCUT2D eigenvalue weighted by molar-refractivity contribution is 0.0946. The van der Waals surface area contributed by atoms with Gasteiger partial charge in [0.05, 0.1) is 5.52 Å². The number of pyridine rings is 2. The van der Waals surface area contributed by atoms with Crippen molar-refractivity contribution in [2.45, 2.75) is 19.5 Å². The zero-order chi connectivity index (χ0) is 16.7. The second-order valence-corrected chi connectivity index (χ2v) is 5.78. The van der Waals surface area contributed by atoms with Gasteiger partial charge in [-0.3, -0.25) is 14.6 Å². The molecule has 1 amide bonds. The Kier molecular flexibility index (Phi) is 3.30. The summed E-state index contributed by atoms with van der Waals surface area (Å²) >= 11 is 0. The normalized spacial score (nSPS) is 12.5. The first kappa shape index (κ1) is 14.4. The maximum atomic E-state index is 12.7. The minimum atomic E-state index is -0.572. The number of nitrogens with zero attached hydrogens (tertiary/aromatic N) is 2. The van der Waals surface area contributed by atoms with Crippen LogP contribution in [0.3, 0.4) is 0 Å². The Morgan fingerprint density at radius 3 is 2.83 bits per heavy atom. The molecule has 0 spiro atoms. The molecule has 120 valence electrons. The lowest BCUT2D eigenvalue weighted by Gasteiger charge is -2.11. The van der Waals surface area contributed by atoms with Gasteiger partial charge in [0.1, 0.15) is 11.3 Å². The topological polar surface area (TPSA) is 84.2 Å². The van der Waals surface area contributed by atoms with Crippen molar-refractivity contribution in [2.24, 2.45) is 0 Å². The van der Waals surface area contributed by atoms with Crippen LogP contribution in [-0.4, -0.2) is 20.6 Å². The number of nitrogens with one attached hydrogen (secondary N) is 1. The summed E-state index contributed by atoms with van der Waals surface area (Å²) in [5, 5.41) is 13.7. The fourth-order valence-electron chi connectivity index (χ4n) is 3.20. The quantitative estimate of drug-likeness (QED) is 0.767. The molecular weight excluding hydrogens is 306 g/mol. The number of carbonyl (C=O) groups excluding carboxylic acids is 1. The third-order valence-electron chi connectivity index (χ3n) is 4.37. The second-order valence-electron chi connectivity index (χ2n) is 5.78. The third-order valence-corrected chi connectivity index (χ3v) is 4.37. The number of para-hydroxylation sites is 1. The highest BCUT2D eigenvalue weighted by Gasteiger charge is 2.25. The van der Waals surface area contributed by atoms with Gasteiger partial charge in [-0.1, -0.05) is 12.1 Å². The van der Waals surface area contributed by atoms with Crippen LogP contribution in [0.2, 0.25) is 0 Å². The van der Waals surface area contributed by atoms with E-state index < -0.39 is 11.5 Å². The Morgan fingerprint density at radius 1 is 1.25 bits per heavy atom. The summed E-state index contributed by atoms with van der Waals surface area (Å²) in [5.74, 6) is -0.820. The molecular formula is C18H15N3O3. The van der Waals surface area contributed by atoms with Crippen molar-refractivity contribution >= 4 is 16.8 Å². The molecule has 4 rings (SSSR count). The standard InChI is InChI=1S/C18H15N3O3/c22-16-13-3-1-2-12-6-9-21(15(12)13)18(24)14(16)17(23)20-10-11-4-7-19-8-5-11/h1-5,7-8,22H,6,9-10H2,(H,20,23). The van der Waals surface area contributed by atoms with Gasteiger partial charge < -0.3 is 15.0 Å². The number of aromatic hydroxyl groups is 1. The van der Waals surface area contributed by atoms with Crippen LogP contribution in [0.4, 0.5) is 0 Å². The van der Waals surface area contributed by atoms with Crippen molar-refractivity contribution in [1.82, 2.24) is 14.9 Å². The number of hydrogen-bond donors (Lipinski definition) is 2. The number of hydrogen-bond acceptors (Lipinski definition) is 4. The molecule has 0 saturated carbocycles. The van der Waals surface area contributed by atoms with Gasteiger partial charge in [0.15, 0.2) is 0 Å². The molecule has 6 nitrogen and oxygen atoms in total. The Bertz CT molecular complexity index is 1010.